The molecule has 27 heavy (non-hydrogen) atoms. The van der Waals surface area contributed by atoms with Gasteiger partial charge in [0.05, 0.1) is 11.0 Å². The third-order valence-corrected chi connectivity index (χ3v) is 4.90. The Morgan fingerprint density at radius 3 is 2.70 bits per heavy atom. The predicted octanol–water partition coefficient (Wildman–Crippen LogP) is 4.39. The van der Waals surface area contributed by atoms with Crippen molar-refractivity contribution in [2.45, 2.75) is 25.7 Å². The average molecular weight is 357 g/mol. The van der Waals surface area contributed by atoms with Crippen molar-refractivity contribution in [2.24, 2.45) is 0 Å². The molecule has 0 aliphatic heterocycles. The zero-order chi connectivity index (χ0) is 18.4. The van der Waals surface area contributed by atoms with Crippen LogP contribution in [0.1, 0.15) is 40.5 Å². The molecule has 5 rings (SSSR count). The van der Waals surface area contributed by atoms with Crippen LogP contribution in [-0.4, -0.2) is 26.1 Å². The Hall–Kier alpha value is -3.41. The van der Waals surface area contributed by atoms with Gasteiger partial charge in [-0.05, 0) is 67.8 Å². The van der Waals surface area contributed by atoms with Crippen LogP contribution >= 0.6 is 0 Å². The summed E-state index contributed by atoms with van der Waals surface area (Å²) in [5.41, 5.74) is 6.33. The highest BCUT2D eigenvalue weighted by Crippen LogP contribution is 2.39. The van der Waals surface area contributed by atoms with E-state index >= 15 is 0 Å². The number of benzene rings is 2. The topological polar surface area (TPSA) is 86.5 Å². The van der Waals surface area contributed by atoms with E-state index in [1.54, 1.807) is 0 Å². The number of imidazole rings is 1. The van der Waals surface area contributed by atoms with Crippen LogP contribution in [0, 0.1) is 6.92 Å². The molecule has 6 heteroatoms. The fourth-order valence-electron chi connectivity index (χ4n) is 3.22. The lowest BCUT2D eigenvalue weighted by Gasteiger charge is -2.04. The Morgan fingerprint density at radius 1 is 1.11 bits per heavy atom. The van der Waals surface area contributed by atoms with Crippen LogP contribution in [0.5, 0.6) is 0 Å². The van der Waals surface area contributed by atoms with Gasteiger partial charge >= 0.3 is 0 Å². The van der Waals surface area contributed by atoms with E-state index in [1.165, 1.54) is 18.4 Å². The molecule has 2 heterocycles. The molecular formula is C21H19N5O. The first-order chi connectivity index (χ1) is 13.2. The average Bonchev–Trinajstić information content (AvgIpc) is 3.24. The molecule has 1 aliphatic rings. The van der Waals surface area contributed by atoms with Crippen molar-refractivity contribution in [3.05, 3.63) is 65.5 Å². The maximum atomic E-state index is 12.4. The molecule has 1 saturated carbocycles. The van der Waals surface area contributed by atoms with Gasteiger partial charge in [0.1, 0.15) is 5.82 Å². The second-order valence-corrected chi connectivity index (χ2v) is 7.12. The number of carbonyl (C=O) groups is 1. The molecule has 1 amide bonds. The van der Waals surface area contributed by atoms with Crippen molar-refractivity contribution < 1.29 is 4.79 Å². The van der Waals surface area contributed by atoms with Gasteiger partial charge in [-0.3, -0.25) is 9.89 Å². The molecule has 1 fully saturated rings. The van der Waals surface area contributed by atoms with Gasteiger partial charge in [0, 0.05) is 22.9 Å². The standard InChI is InChI=1S/C21H19N5O/c1-12-2-9-16-18(10-12)24-20(23-16)14-5-7-15(8-6-14)22-21(27)19-11-17(25-26-19)13-3-4-13/h2,5-11,13H,3-4H2,1H3,(H,22,27)(H,23,24)(H,25,26). The maximum Gasteiger partial charge on any atom is 0.276 e. The summed E-state index contributed by atoms with van der Waals surface area (Å²) in [6.07, 6.45) is 2.35. The van der Waals surface area contributed by atoms with Crippen LogP contribution in [-0.2, 0) is 0 Å². The number of anilines is 1. The van der Waals surface area contributed by atoms with E-state index < -0.39 is 0 Å². The minimum Gasteiger partial charge on any atom is -0.338 e. The van der Waals surface area contributed by atoms with E-state index in [0.717, 1.165) is 33.8 Å². The molecule has 6 nitrogen and oxygen atoms in total. The lowest BCUT2D eigenvalue weighted by atomic mass is 10.2. The van der Waals surface area contributed by atoms with Crippen LogP contribution in [0.3, 0.4) is 0 Å². The summed E-state index contributed by atoms with van der Waals surface area (Å²) in [6.45, 7) is 2.06. The fourth-order valence-corrected chi connectivity index (χ4v) is 3.22. The van der Waals surface area contributed by atoms with Gasteiger partial charge in [-0.2, -0.15) is 5.10 Å². The van der Waals surface area contributed by atoms with Gasteiger partial charge in [0.2, 0.25) is 0 Å². The largest absolute Gasteiger partial charge is 0.338 e. The van der Waals surface area contributed by atoms with Crippen molar-refractivity contribution in [3.63, 3.8) is 0 Å². The van der Waals surface area contributed by atoms with E-state index in [1.807, 2.05) is 36.4 Å². The molecule has 0 bridgehead atoms. The molecule has 4 aromatic rings. The summed E-state index contributed by atoms with van der Waals surface area (Å²) in [5.74, 6) is 1.16. The molecule has 3 N–H and O–H groups in total. The molecule has 1 aliphatic carbocycles. The molecule has 0 saturated heterocycles. The highest BCUT2D eigenvalue weighted by molar-refractivity contribution is 6.03. The van der Waals surface area contributed by atoms with E-state index in [9.17, 15) is 4.79 Å². The Morgan fingerprint density at radius 2 is 1.93 bits per heavy atom. The minimum absolute atomic E-state index is 0.204. The molecule has 0 atom stereocenters. The number of fused-ring (bicyclic) bond motifs is 1. The minimum atomic E-state index is -0.204. The Balaban J connectivity index is 1.33. The molecule has 2 aromatic carbocycles. The maximum absolute atomic E-state index is 12.4. The Kier molecular flexibility index (Phi) is 3.57. The number of aromatic amines is 2. The fraction of sp³-hybridized carbons (Fsp3) is 0.190. The highest BCUT2D eigenvalue weighted by atomic mass is 16.1. The van der Waals surface area contributed by atoms with Gasteiger partial charge in [-0.1, -0.05) is 6.07 Å². The molecule has 0 spiro atoms. The second-order valence-electron chi connectivity index (χ2n) is 7.12. The van der Waals surface area contributed by atoms with Crippen molar-refractivity contribution in [1.82, 2.24) is 20.2 Å². The quantitative estimate of drug-likeness (QED) is 0.506. The van der Waals surface area contributed by atoms with Crippen molar-refractivity contribution >= 4 is 22.6 Å². The first-order valence-corrected chi connectivity index (χ1v) is 9.09. The van der Waals surface area contributed by atoms with Gasteiger partial charge in [-0.25, -0.2) is 4.98 Å². The molecule has 0 radical (unpaired) electrons. The number of nitrogens with zero attached hydrogens (tertiary/aromatic N) is 2. The number of rotatable bonds is 4. The zero-order valence-electron chi connectivity index (χ0n) is 14.9. The van der Waals surface area contributed by atoms with Crippen LogP contribution in [0.2, 0.25) is 0 Å². The van der Waals surface area contributed by atoms with Crippen molar-refractivity contribution in [3.8, 4) is 11.4 Å². The first-order valence-electron chi connectivity index (χ1n) is 9.09. The van der Waals surface area contributed by atoms with Crippen molar-refractivity contribution in [1.29, 1.82) is 0 Å². The monoisotopic (exact) mass is 357 g/mol. The molecule has 134 valence electrons. The summed E-state index contributed by atoms with van der Waals surface area (Å²) in [5, 5.41) is 9.97. The summed E-state index contributed by atoms with van der Waals surface area (Å²) < 4.78 is 0. The number of aryl methyl sites for hydroxylation is 1. The number of hydrogen-bond donors (Lipinski definition) is 3. The van der Waals surface area contributed by atoms with Gasteiger partial charge in [0.25, 0.3) is 5.91 Å². The molecule has 0 unspecified atom stereocenters. The summed E-state index contributed by atoms with van der Waals surface area (Å²) in [7, 11) is 0. The van der Waals surface area contributed by atoms with E-state index in [2.05, 4.69) is 44.5 Å². The number of hydrogen-bond acceptors (Lipinski definition) is 3. The van der Waals surface area contributed by atoms with Crippen LogP contribution in [0.15, 0.2) is 48.5 Å². The third kappa shape index (κ3) is 3.10. The normalized spacial score (nSPS) is 13.8. The predicted molar refractivity (Wildman–Crippen MR) is 105 cm³/mol. The summed E-state index contributed by atoms with van der Waals surface area (Å²) >= 11 is 0. The number of H-pyrrole nitrogens is 2. The lowest BCUT2D eigenvalue weighted by Crippen LogP contribution is -2.12. The molecular weight excluding hydrogens is 338 g/mol. The number of aromatic nitrogens is 4. The Bertz CT molecular complexity index is 1140. The van der Waals surface area contributed by atoms with Gasteiger partial charge in [0.15, 0.2) is 5.69 Å². The van der Waals surface area contributed by atoms with Gasteiger partial charge < -0.3 is 10.3 Å². The number of amides is 1. The zero-order valence-corrected chi connectivity index (χ0v) is 14.9. The van der Waals surface area contributed by atoms with Crippen LogP contribution in [0.25, 0.3) is 22.4 Å². The van der Waals surface area contributed by atoms with Crippen LogP contribution in [0.4, 0.5) is 5.69 Å². The Labute approximate surface area is 156 Å². The summed E-state index contributed by atoms with van der Waals surface area (Å²) in [4.78, 5) is 20.3. The van der Waals surface area contributed by atoms with Gasteiger partial charge in [-0.15, -0.1) is 0 Å². The third-order valence-electron chi connectivity index (χ3n) is 4.90. The highest BCUT2D eigenvalue weighted by Gasteiger charge is 2.26. The van der Waals surface area contributed by atoms with Crippen molar-refractivity contribution in [2.75, 3.05) is 5.32 Å². The van der Waals surface area contributed by atoms with E-state index in [0.29, 0.717) is 11.6 Å². The lowest BCUT2D eigenvalue weighted by molar-refractivity contribution is 0.102. The first kappa shape index (κ1) is 15.8. The number of carbonyl (C=O) groups excluding carboxylic acids is 1. The summed E-state index contributed by atoms with van der Waals surface area (Å²) in [6, 6.07) is 15.6. The van der Waals surface area contributed by atoms with Crippen LogP contribution < -0.4 is 5.32 Å². The smallest absolute Gasteiger partial charge is 0.276 e. The van der Waals surface area contributed by atoms with E-state index in [-0.39, 0.29) is 5.91 Å². The number of nitrogens with one attached hydrogen (secondary N) is 3. The SMILES string of the molecule is Cc1ccc2nc(-c3ccc(NC(=O)c4cc(C5CC5)[nH]n4)cc3)[nH]c2c1. The second kappa shape index (κ2) is 6.09. The molecule has 2 aromatic heterocycles. The van der Waals surface area contributed by atoms with E-state index in [4.69, 9.17) is 0 Å².